The van der Waals surface area contributed by atoms with Crippen LogP contribution in [0.4, 0.5) is 0 Å². The normalized spacial score (nSPS) is 13.6. The number of rotatable bonds is 20. The molecule has 2 N–H and O–H groups in total. The largest absolute Gasteiger partial charge is 0.324 e. The smallest absolute Gasteiger partial charge is 0.0253 e. The molecule has 160 valence electrons. The zero-order chi connectivity index (χ0) is 20.0. The third-order valence-electron chi connectivity index (χ3n) is 5.51. The Morgan fingerprint density at radius 1 is 0.667 bits per heavy atom. The van der Waals surface area contributed by atoms with Crippen LogP contribution in [0, 0.1) is 0 Å². The maximum Gasteiger partial charge on any atom is 0.0253 e. The van der Waals surface area contributed by atoms with E-state index in [9.17, 15) is 0 Å². The zero-order valence-electron chi connectivity index (χ0n) is 19.1. The molecule has 1 heteroatoms. The van der Waals surface area contributed by atoms with Crippen LogP contribution in [-0.2, 0) is 0 Å². The molecule has 1 nitrogen and oxygen atoms in total. The fourth-order valence-corrected chi connectivity index (χ4v) is 3.79. The Bertz CT molecular complexity index is 342. The summed E-state index contributed by atoms with van der Waals surface area (Å²) in [4.78, 5) is 0. The monoisotopic (exact) mass is 377 g/mol. The molecule has 0 aromatic carbocycles. The van der Waals surface area contributed by atoms with E-state index in [1.54, 1.807) is 0 Å². The molecule has 0 rings (SSSR count). The minimum atomic E-state index is 0.307. The van der Waals surface area contributed by atoms with Gasteiger partial charge in [-0.05, 0) is 44.9 Å². The maximum atomic E-state index is 6.37. The Labute approximate surface area is 172 Å². The molecule has 1 atom stereocenters. The van der Waals surface area contributed by atoms with Gasteiger partial charge in [-0.2, -0.15) is 0 Å². The summed E-state index contributed by atoms with van der Waals surface area (Å²) < 4.78 is 0. The van der Waals surface area contributed by atoms with Gasteiger partial charge >= 0.3 is 0 Å². The van der Waals surface area contributed by atoms with Gasteiger partial charge in [0.05, 0.1) is 0 Å². The highest BCUT2D eigenvalue weighted by Gasteiger charge is 2.07. The Morgan fingerprint density at radius 3 is 1.70 bits per heavy atom. The van der Waals surface area contributed by atoms with Gasteiger partial charge in [-0.3, -0.25) is 0 Å². The first-order chi connectivity index (χ1) is 13.3. The van der Waals surface area contributed by atoms with Crippen molar-refractivity contribution in [3.05, 3.63) is 23.8 Å². The van der Waals surface area contributed by atoms with Crippen molar-refractivity contribution >= 4 is 0 Å². The van der Waals surface area contributed by atoms with Crippen LogP contribution in [0.1, 0.15) is 136 Å². The first kappa shape index (κ1) is 26.4. The van der Waals surface area contributed by atoms with E-state index in [4.69, 9.17) is 5.73 Å². The van der Waals surface area contributed by atoms with Crippen LogP contribution >= 0.6 is 0 Å². The van der Waals surface area contributed by atoms with Gasteiger partial charge in [-0.25, -0.2) is 0 Å². The lowest BCUT2D eigenvalue weighted by Crippen LogP contribution is -2.22. The van der Waals surface area contributed by atoms with E-state index in [1.807, 2.05) is 0 Å². The molecule has 0 aliphatic carbocycles. The molecule has 0 spiro atoms. The van der Waals surface area contributed by atoms with Gasteiger partial charge < -0.3 is 5.73 Å². The van der Waals surface area contributed by atoms with Crippen molar-refractivity contribution in [1.82, 2.24) is 0 Å². The summed E-state index contributed by atoms with van der Waals surface area (Å²) in [7, 11) is 0. The van der Waals surface area contributed by atoms with Crippen molar-refractivity contribution in [3.63, 3.8) is 0 Å². The Morgan fingerprint density at radius 2 is 1.19 bits per heavy atom. The standard InChI is InChI=1S/C26H51N/c1-4-7-8-9-10-11-12-13-14-15-16-17-18-19-20-21-24-26(27)25(22-5-2)23-6-3/h13-14,22,26H,4-12,15-21,23-24,27H2,1-3H3/b14-13-,25-22?. The van der Waals surface area contributed by atoms with Gasteiger partial charge in [0.15, 0.2) is 0 Å². The quantitative estimate of drug-likeness (QED) is 0.166. The van der Waals surface area contributed by atoms with Crippen molar-refractivity contribution in [1.29, 1.82) is 0 Å². The maximum absolute atomic E-state index is 6.37. The summed E-state index contributed by atoms with van der Waals surface area (Å²) in [5.74, 6) is 0. The molecule has 0 saturated carbocycles. The summed E-state index contributed by atoms with van der Waals surface area (Å²) in [6, 6.07) is 0.307. The SMILES string of the molecule is CCC=C(CCC)C(N)CCCCCCCC/C=C\CCCCCCCC. The molecule has 0 radical (unpaired) electrons. The van der Waals surface area contributed by atoms with Gasteiger partial charge in [-0.15, -0.1) is 0 Å². The average Bonchev–Trinajstić information content (AvgIpc) is 2.67. The lowest BCUT2D eigenvalue weighted by Gasteiger charge is -2.15. The third-order valence-corrected chi connectivity index (χ3v) is 5.51. The molecule has 0 amide bonds. The van der Waals surface area contributed by atoms with Crippen molar-refractivity contribution in [2.24, 2.45) is 5.73 Å². The van der Waals surface area contributed by atoms with E-state index in [0.29, 0.717) is 6.04 Å². The molecule has 0 bridgehead atoms. The van der Waals surface area contributed by atoms with Crippen LogP contribution in [0.5, 0.6) is 0 Å². The van der Waals surface area contributed by atoms with E-state index in [2.05, 4.69) is 39.0 Å². The van der Waals surface area contributed by atoms with Crippen molar-refractivity contribution in [2.75, 3.05) is 0 Å². The fraction of sp³-hybridized carbons (Fsp3) is 0.846. The van der Waals surface area contributed by atoms with E-state index in [1.165, 1.54) is 115 Å². The lowest BCUT2D eigenvalue weighted by molar-refractivity contribution is 0.550. The Hall–Kier alpha value is -0.560. The lowest BCUT2D eigenvalue weighted by atomic mass is 9.96. The molecule has 0 aromatic rings. The molecule has 0 heterocycles. The minimum Gasteiger partial charge on any atom is -0.324 e. The van der Waals surface area contributed by atoms with E-state index < -0.39 is 0 Å². The molecule has 27 heavy (non-hydrogen) atoms. The first-order valence-corrected chi connectivity index (χ1v) is 12.4. The molecule has 0 saturated heterocycles. The Balaban J connectivity index is 3.39. The number of hydrogen-bond acceptors (Lipinski definition) is 1. The van der Waals surface area contributed by atoms with Crippen LogP contribution < -0.4 is 5.73 Å². The number of hydrogen-bond donors (Lipinski definition) is 1. The van der Waals surface area contributed by atoms with Crippen LogP contribution in [0.15, 0.2) is 23.8 Å². The van der Waals surface area contributed by atoms with Crippen LogP contribution in [0.2, 0.25) is 0 Å². The topological polar surface area (TPSA) is 26.0 Å². The summed E-state index contributed by atoms with van der Waals surface area (Å²) in [5.41, 5.74) is 7.87. The predicted molar refractivity (Wildman–Crippen MR) is 125 cm³/mol. The molecule has 0 fully saturated rings. The van der Waals surface area contributed by atoms with Gasteiger partial charge in [0, 0.05) is 6.04 Å². The number of nitrogens with two attached hydrogens (primary N) is 1. The van der Waals surface area contributed by atoms with E-state index >= 15 is 0 Å². The van der Waals surface area contributed by atoms with E-state index in [0.717, 1.165) is 6.42 Å². The van der Waals surface area contributed by atoms with Gasteiger partial charge in [-0.1, -0.05) is 115 Å². The second-order valence-electron chi connectivity index (χ2n) is 8.27. The predicted octanol–water partition coefficient (Wildman–Crippen LogP) is 8.88. The summed E-state index contributed by atoms with van der Waals surface area (Å²) >= 11 is 0. The second-order valence-corrected chi connectivity index (χ2v) is 8.27. The molecule has 0 aromatic heterocycles. The van der Waals surface area contributed by atoms with Gasteiger partial charge in [0.25, 0.3) is 0 Å². The minimum absolute atomic E-state index is 0.307. The van der Waals surface area contributed by atoms with Crippen LogP contribution in [0.25, 0.3) is 0 Å². The number of unbranched alkanes of at least 4 members (excludes halogenated alkanes) is 12. The Kier molecular flexibility index (Phi) is 21.3. The van der Waals surface area contributed by atoms with Gasteiger partial charge in [0.2, 0.25) is 0 Å². The fourth-order valence-electron chi connectivity index (χ4n) is 3.79. The summed E-state index contributed by atoms with van der Waals surface area (Å²) in [5, 5.41) is 0. The number of allylic oxidation sites excluding steroid dienone is 3. The third kappa shape index (κ3) is 18.6. The van der Waals surface area contributed by atoms with Crippen molar-refractivity contribution in [2.45, 2.75) is 142 Å². The van der Waals surface area contributed by atoms with Gasteiger partial charge in [0.1, 0.15) is 0 Å². The zero-order valence-corrected chi connectivity index (χ0v) is 19.1. The van der Waals surface area contributed by atoms with Crippen molar-refractivity contribution < 1.29 is 0 Å². The highest BCUT2D eigenvalue weighted by molar-refractivity contribution is 5.09. The first-order valence-electron chi connectivity index (χ1n) is 12.4. The highest BCUT2D eigenvalue weighted by atomic mass is 14.6. The molecular weight excluding hydrogens is 326 g/mol. The van der Waals surface area contributed by atoms with Crippen LogP contribution in [0.3, 0.4) is 0 Å². The van der Waals surface area contributed by atoms with Crippen molar-refractivity contribution in [3.8, 4) is 0 Å². The summed E-state index contributed by atoms with van der Waals surface area (Å²) in [6.45, 7) is 6.75. The molecule has 0 aliphatic heterocycles. The van der Waals surface area contributed by atoms with E-state index in [-0.39, 0.29) is 0 Å². The second kappa shape index (κ2) is 21.7. The van der Waals surface area contributed by atoms with Crippen LogP contribution in [-0.4, -0.2) is 6.04 Å². The summed E-state index contributed by atoms with van der Waals surface area (Å²) in [6.07, 6.45) is 31.1. The molecule has 0 aliphatic rings. The molecular formula is C26H51N. The average molecular weight is 378 g/mol. The highest BCUT2D eigenvalue weighted by Crippen LogP contribution is 2.16. The molecule has 1 unspecified atom stereocenters.